The van der Waals surface area contributed by atoms with Crippen molar-refractivity contribution in [1.82, 2.24) is 9.80 Å². The Morgan fingerprint density at radius 3 is 2.21 bits per heavy atom. The average Bonchev–Trinajstić information content (AvgIpc) is 3.00. The third-order valence-corrected chi connectivity index (χ3v) is 4.49. The van der Waals surface area contributed by atoms with Crippen LogP contribution in [0.25, 0.3) is 0 Å². The number of anilines is 1. The molecule has 7 nitrogen and oxygen atoms in total. The molecule has 0 radical (unpaired) electrons. The summed E-state index contributed by atoms with van der Waals surface area (Å²) in [5, 5.41) is 2.77. The van der Waals surface area contributed by atoms with Gasteiger partial charge in [0.1, 0.15) is 0 Å². The van der Waals surface area contributed by atoms with Gasteiger partial charge in [0.25, 0.3) is 11.8 Å². The molecule has 1 N–H and O–H groups in total. The molecule has 0 spiro atoms. The summed E-state index contributed by atoms with van der Waals surface area (Å²) in [6.45, 7) is 0.217. The Bertz CT molecular complexity index is 919. The highest BCUT2D eigenvalue weighted by molar-refractivity contribution is 6.05. The van der Waals surface area contributed by atoms with E-state index in [9.17, 15) is 19.2 Å². The van der Waals surface area contributed by atoms with E-state index < -0.39 is 0 Å². The number of hydrogen-bond acceptors (Lipinski definition) is 4. The monoisotopic (exact) mass is 379 g/mol. The molecular formula is C21H21N3O4. The molecule has 0 bridgehead atoms. The maximum Gasteiger partial charge on any atom is 0.255 e. The van der Waals surface area contributed by atoms with Gasteiger partial charge in [-0.25, -0.2) is 0 Å². The van der Waals surface area contributed by atoms with Crippen LogP contribution >= 0.6 is 0 Å². The fraction of sp³-hybridized carbons (Fsp3) is 0.238. The van der Waals surface area contributed by atoms with Crippen molar-refractivity contribution >= 4 is 29.3 Å². The summed E-state index contributed by atoms with van der Waals surface area (Å²) in [7, 11) is 3.33. The van der Waals surface area contributed by atoms with Gasteiger partial charge >= 0.3 is 0 Å². The molecule has 0 aromatic heterocycles. The molecule has 28 heavy (non-hydrogen) atoms. The fourth-order valence-corrected chi connectivity index (χ4v) is 2.93. The first-order valence-corrected chi connectivity index (χ1v) is 8.90. The fourth-order valence-electron chi connectivity index (χ4n) is 2.93. The van der Waals surface area contributed by atoms with Crippen molar-refractivity contribution in [2.24, 2.45) is 0 Å². The Morgan fingerprint density at radius 1 is 0.964 bits per heavy atom. The predicted molar refractivity (Wildman–Crippen MR) is 104 cm³/mol. The van der Waals surface area contributed by atoms with E-state index in [1.54, 1.807) is 62.6 Å². The van der Waals surface area contributed by atoms with E-state index >= 15 is 0 Å². The minimum atomic E-state index is -0.311. The number of hydrogen-bond donors (Lipinski definition) is 1. The molecule has 1 heterocycles. The molecule has 0 atom stereocenters. The van der Waals surface area contributed by atoms with Crippen LogP contribution in [0.4, 0.5) is 5.69 Å². The summed E-state index contributed by atoms with van der Waals surface area (Å²) >= 11 is 0. The Labute approximate surface area is 162 Å². The second-order valence-corrected chi connectivity index (χ2v) is 6.81. The first kappa shape index (κ1) is 19.3. The van der Waals surface area contributed by atoms with Crippen LogP contribution in [0.15, 0.2) is 48.5 Å². The minimum Gasteiger partial charge on any atom is -0.345 e. The van der Waals surface area contributed by atoms with E-state index in [-0.39, 0.29) is 43.0 Å². The number of imide groups is 1. The van der Waals surface area contributed by atoms with E-state index in [0.29, 0.717) is 16.8 Å². The number of nitrogens with one attached hydrogen (secondary N) is 1. The summed E-state index contributed by atoms with van der Waals surface area (Å²) in [5.41, 5.74) is 2.22. The molecule has 0 saturated carbocycles. The first-order chi connectivity index (χ1) is 13.3. The smallest absolute Gasteiger partial charge is 0.255 e. The zero-order valence-corrected chi connectivity index (χ0v) is 15.8. The van der Waals surface area contributed by atoms with Crippen molar-refractivity contribution in [3.63, 3.8) is 0 Å². The number of nitrogens with zero attached hydrogens (tertiary/aromatic N) is 2. The molecule has 0 unspecified atom stereocenters. The van der Waals surface area contributed by atoms with Crippen LogP contribution in [-0.4, -0.2) is 47.5 Å². The summed E-state index contributed by atoms with van der Waals surface area (Å²) in [6, 6.07) is 13.5. The van der Waals surface area contributed by atoms with Crippen molar-refractivity contribution in [3.8, 4) is 0 Å². The number of likely N-dealkylation sites (tertiary alicyclic amines) is 1. The highest BCUT2D eigenvalue weighted by atomic mass is 16.2. The first-order valence-electron chi connectivity index (χ1n) is 8.90. The normalized spacial score (nSPS) is 13.6. The highest BCUT2D eigenvalue weighted by Crippen LogP contribution is 2.17. The third kappa shape index (κ3) is 4.25. The van der Waals surface area contributed by atoms with Crippen LogP contribution in [0.1, 0.15) is 39.1 Å². The van der Waals surface area contributed by atoms with Crippen molar-refractivity contribution in [3.05, 3.63) is 65.2 Å². The van der Waals surface area contributed by atoms with Crippen LogP contribution < -0.4 is 5.32 Å². The van der Waals surface area contributed by atoms with Crippen molar-refractivity contribution in [2.75, 3.05) is 19.4 Å². The molecule has 2 aromatic carbocycles. The lowest BCUT2D eigenvalue weighted by molar-refractivity contribution is -0.139. The third-order valence-electron chi connectivity index (χ3n) is 4.49. The van der Waals surface area contributed by atoms with E-state index in [4.69, 9.17) is 0 Å². The van der Waals surface area contributed by atoms with Gasteiger partial charge in [0.15, 0.2) is 0 Å². The average molecular weight is 379 g/mol. The zero-order valence-electron chi connectivity index (χ0n) is 15.8. The van der Waals surface area contributed by atoms with Gasteiger partial charge in [0.2, 0.25) is 11.8 Å². The van der Waals surface area contributed by atoms with Gasteiger partial charge in [-0.05, 0) is 35.9 Å². The highest BCUT2D eigenvalue weighted by Gasteiger charge is 2.28. The molecule has 4 amide bonds. The van der Waals surface area contributed by atoms with Gasteiger partial charge in [-0.3, -0.25) is 24.1 Å². The number of benzene rings is 2. The molecule has 3 rings (SSSR count). The van der Waals surface area contributed by atoms with Crippen LogP contribution in [0.5, 0.6) is 0 Å². The van der Waals surface area contributed by atoms with E-state index in [2.05, 4.69) is 5.32 Å². The Balaban J connectivity index is 1.67. The number of rotatable bonds is 5. The second-order valence-electron chi connectivity index (χ2n) is 6.81. The number of carbonyl (C=O) groups is 4. The molecule has 0 aliphatic carbocycles. The summed E-state index contributed by atoms with van der Waals surface area (Å²) in [4.78, 5) is 50.6. The Kier molecular flexibility index (Phi) is 5.54. The molecule has 7 heteroatoms. The molecule has 2 aromatic rings. The van der Waals surface area contributed by atoms with Crippen LogP contribution in [-0.2, 0) is 16.1 Å². The van der Waals surface area contributed by atoms with Gasteiger partial charge in [0.05, 0.1) is 6.54 Å². The van der Waals surface area contributed by atoms with Gasteiger partial charge in [-0.1, -0.05) is 18.2 Å². The minimum absolute atomic E-state index is 0.147. The largest absolute Gasteiger partial charge is 0.345 e. The lowest BCUT2D eigenvalue weighted by atomic mass is 10.1. The molecule has 1 fully saturated rings. The summed E-state index contributed by atoms with van der Waals surface area (Å²) in [6.07, 6.45) is 0.517. The standard InChI is InChI=1S/C21H21N3O4/c1-23(2)21(28)16-4-3-5-17(12-16)22-20(27)15-8-6-14(7-9-15)13-24-18(25)10-11-19(24)26/h3-9,12H,10-11,13H2,1-2H3,(H,22,27). The molecule has 1 aliphatic heterocycles. The van der Waals surface area contributed by atoms with Crippen LogP contribution in [0.2, 0.25) is 0 Å². The van der Waals surface area contributed by atoms with Crippen LogP contribution in [0.3, 0.4) is 0 Å². The lowest BCUT2D eigenvalue weighted by Crippen LogP contribution is -2.28. The van der Waals surface area contributed by atoms with E-state index in [0.717, 1.165) is 5.56 Å². The van der Waals surface area contributed by atoms with E-state index in [1.165, 1.54) is 9.80 Å². The van der Waals surface area contributed by atoms with Crippen molar-refractivity contribution < 1.29 is 19.2 Å². The zero-order chi connectivity index (χ0) is 20.3. The summed E-state index contributed by atoms with van der Waals surface area (Å²) in [5.74, 6) is -0.793. The maximum absolute atomic E-state index is 12.5. The van der Waals surface area contributed by atoms with Gasteiger partial charge in [-0.15, -0.1) is 0 Å². The van der Waals surface area contributed by atoms with Gasteiger partial charge < -0.3 is 10.2 Å². The Hall–Kier alpha value is -3.48. The van der Waals surface area contributed by atoms with Crippen molar-refractivity contribution in [2.45, 2.75) is 19.4 Å². The van der Waals surface area contributed by atoms with E-state index in [1.807, 2.05) is 0 Å². The number of amides is 4. The van der Waals surface area contributed by atoms with Gasteiger partial charge in [-0.2, -0.15) is 0 Å². The molecule has 144 valence electrons. The molecular weight excluding hydrogens is 358 g/mol. The van der Waals surface area contributed by atoms with Crippen molar-refractivity contribution in [1.29, 1.82) is 0 Å². The summed E-state index contributed by atoms with van der Waals surface area (Å²) < 4.78 is 0. The SMILES string of the molecule is CN(C)C(=O)c1cccc(NC(=O)c2ccc(CN3C(=O)CCC3=O)cc2)c1. The van der Waals surface area contributed by atoms with Crippen LogP contribution in [0, 0.1) is 0 Å². The number of carbonyl (C=O) groups excluding carboxylic acids is 4. The topological polar surface area (TPSA) is 86.8 Å². The Morgan fingerprint density at radius 2 is 1.61 bits per heavy atom. The quantitative estimate of drug-likeness (QED) is 0.808. The van der Waals surface area contributed by atoms with Gasteiger partial charge in [0, 0.05) is 43.8 Å². The molecule has 1 saturated heterocycles. The lowest BCUT2D eigenvalue weighted by Gasteiger charge is -2.14. The molecule has 1 aliphatic rings. The maximum atomic E-state index is 12.5. The second kappa shape index (κ2) is 8.04. The predicted octanol–water partition coefficient (Wildman–Crippen LogP) is 2.29.